The van der Waals surface area contributed by atoms with Crippen molar-refractivity contribution in [3.05, 3.63) is 5.82 Å². The second kappa shape index (κ2) is 3.17. The zero-order valence-electron chi connectivity index (χ0n) is 5.76. The predicted octanol–water partition coefficient (Wildman–Crippen LogP) is -0.483. The highest BCUT2D eigenvalue weighted by Gasteiger charge is 1.94. The van der Waals surface area contributed by atoms with Crippen LogP contribution >= 0.6 is 0 Å². The van der Waals surface area contributed by atoms with E-state index in [1.807, 2.05) is 6.92 Å². The Kier molecular flexibility index (Phi) is 2.22. The Morgan fingerprint density at radius 2 is 2.50 bits per heavy atom. The van der Waals surface area contributed by atoms with Gasteiger partial charge < -0.3 is 10.4 Å². The molecule has 0 aliphatic carbocycles. The molecule has 10 heavy (non-hydrogen) atoms. The lowest BCUT2D eigenvalue weighted by Crippen LogP contribution is -2.06. The SMILES string of the molecule is Cc1nc(NCCO)n[nH]1. The van der Waals surface area contributed by atoms with E-state index in [2.05, 4.69) is 20.5 Å². The average molecular weight is 142 g/mol. The molecule has 0 radical (unpaired) electrons. The van der Waals surface area contributed by atoms with E-state index in [4.69, 9.17) is 5.11 Å². The zero-order valence-corrected chi connectivity index (χ0v) is 5.76. The third-order valence-electron chi connectivity index (χ3n) is 0.992. The van der Waals surface area contributed by atoms with Crippen molar-refractivity contribution in [1.82, 2.24) is 15.2 Å². The van der Waals surface area contributed by atoms with E-state index in [-0.39, 0.29) is 6.61 Å². The van der Waals surface area contributed by atoms with Gasteiger partial charge >= 0.3 is 0 Å². The number of H-pyrrole nitrogens is 1. The van der Waals surface area contributed by atoms with Crippen molar-refractivity contribution in [2.45, 2.75) is 6.92 Å². The van der Waals surface area contributed by atoms with E-state index in [1.165, 1.54) is 0 Å². The fourth-order valence-electron chi connectivity index (χ4n) is 0.589. The summed E-state index contributed by atoms with van der Waals surface area (Å²) in [5.74, 6) is 1.30. The Labute approximate surface area is 58.5 Å². The molecule has 5 nitrogen and oxygen atoms in total. The molecule has 1 rings (SSSR count). The number of nitrogens with zero attached hydrogens (tertiary/aromatic N) is 2. The molecule has 0 fully saturated rings. The molecule has 1 aromatic heterocycles. The topological polar surface area (TPSA) is 73.8 Å². The number of aromatic nitrogens is 3. The van der Waals surface area contributed by atoms with Crippen molar-refractivity contribution < 1.29 is 5.11 Å². The quantitative estimate of drug-likeness (QED) is 0.532. The molecule has 0 aliphatic rings. The molecule has 0 saturated carbocycles. The van der Waals surface area contributed by atoms with Crippen molar-refractivity contribution >= 4 is 5.95 Å². The molecule has 0 bridgehead atoms. The fourth-order valence-corrected chi connectivity index (χ4v) is 0.589. The van der Waals surface area contributed by atoms with E-state index in [9.17, 15) is 0 Å². The first kappa shape index (κ1) is 7.01. The lowest BCUT2D eigenvalue weighted by molar-refractivity contribution is 0.311. The van der Waals surface area contributed by atoms with E-state index in [1.54, 1.807) is 0 Å². The summed E-state index contributed by atoms with van der Waals surface area (Å²) in [5.41, 5.74) is 0. The van der Waals surface area contributed by atoms with Crippen LogP contribution in [-0.2, 0) is 0 Å². The van der Waals surface area contributed by atoms with Crippen LogP contribution in [0.2, 0.25) is 0 Å². The standard InChI is InChI=1S/C5H10N4O/c1-4-7-5(9-8-4)6-2-3-10/h10H,2-3H2,1H3,(H2,6,7,8,9). The normalized spacial score (nSPS) is 9.80. The van der Waals surface area contributed by atoms with Crippen LogP contribution in [-0.4, -0.2) is 33.4 Å². The molecule has 0 saturated heterocycles. The van der Waals surface area contributed by atoms with Crippen LogP contribution in [0, 0.1) is 6.92 Å². The molecule has 5 heteroatoms. The van der Waals surface area contributed by atoms with Gasteiger partial charge in [0.05, 0.1) is 6.61 Å². The fraction of sp³-hybridized carbons (Fsp3) is 0.600. The van der Waals surface area contributed by atoms with Gasteiger partial charge in [-0.05, 0) is 6.92 Å². The highest BCUT2D eigenvalue weighted by atomic mass is 16.3. The van der Waals surface area contributed by atoms with Gasteiger partial charge in [-0.2, -0.15) is 4.98 Å². The minimum absolute atomic E-state index is 0.0909. The number of hydrogen-bond donors (Lipinski definition) is 3. The van der Waals surface area contributed by atoms with Crippen LogP contribution in [0.5, 0.6) is 0 Å². The average Bonchev–Trinajstić information content (AvgIpc) is 2.31. The summed E-state index contributed by atoms with van der Waals surface area (Å²) in [6, 6.07) is 0. The minimum Gasteiger partial charge on any atom is -0.395 e. The van der Waals surface area contributed by atoms with Crippen LogP contribution in [0.1, 0.15) is 5.82 Å². The first-order valence-electron chi connectivity index (χ1n) is 3.06. The van der Waals surface area contributed by atoms with Gasteiger partial charge in [0.2, 0.25) is 5.95 Å². The summed E-state index contributed by atoms with van der Waals surface area (Å²) < 4.78 is 0. The number of aliphatic hydroxyl groups excluding tert-OH is 1. The van der Waals surface area contributed by atoms with Crippen LogP contribution in [0.4, 0.5) is 5.95 Å². The molecule has 0 amide bonds. The highest BCUT2D eigenvalue weighted by molar-refractivity contribution is 5.21. The summed E-state index contributed by atoms with van der Waals surface area (Å²) in [5, 5.41) is 17.7. The molecule has 3 N–H and O–H groups in total. The Bertz CT molecular complexity index is 197. The van der Waals surface area contributed by atoms with Crippen molar-refractivity contribution in [1.29, 1.82) is 0 Å². The van der Waals surface area contributed by atoms with Crippen molar-refractivity contribution in [3.63, 3.8) is 0 Å². The van der Waals surface area contributed by atoms with E-state index in [0.717, 1.165) is 5.82 Å². The maximum Gasteiger partial charge on any atom is 0.242 e. The molecule has 0 aliphatic heterocycles. The molecule has 1 aromatic rings. The third kappa shape index (κ3) is 1.70. The van der Waals surface area contributed by atoms with E-state index in [0.29, 0.717) is 12.5 Å². The Balaban J connectivity index is 2.42. The number of aliphatic hydroxyl groups is 1. The van der Waals surface area contributed by atoms with Crippen molar-refractivity contribution in [3.8, 4) is 0 Å². The predicted molar refractivity (Wildman–Crippen MR) is 36.7 cm³/mol. The molecular formula is C5H10N4O. The molecule has 0 spiro atoms. The Morgan fingerprint density at radius 1 is 1.70 bits per heavy atom. The second-order valence-corrected chi connectivity index (χ2v) is 1.89. The number of aryl methyl sites for hydroxylation is 1. The summed E-state index contributed by atoms with van der Waals surface area (Å²) in [6.07, 6.45) is 0. The molecule has 0 atom stereocenters. The monoisotopic (exact) mass is 142 g/mol. The van der Waals surface area contributed by atoms with Gasteiger partial charge in [-0.1, -0.05) is 0 Å². The van der Waals surface area contributed by atoms with Gasteiger partial charge in [-0.25, -0.2) is 0 Å². The maximum atomic E-state index is 8.41. The van der Waals surface area contributed by atoms with Gasteiger partial charge in [-0.3, -0.25) is 5.10 Å². The maximum absolute atomic E-state index is 8.41. The van der Waals surface area contributed by atoms with Gasteiger partial charge in [0.1, 0.15) is 5.82 Å². The third-order valence-corrected chi connectivity index (χ3v) is 0.992. The number of aromatic amines is 1. The Morgan fingerprint density at radius 3 is 3.00 bits per heavy atom. The summed E-state index contributed by atoms with van der Waals surface area (Å²) in [7, 11) is 0. The highest BCUT2D eigenvalue weighted by Crippen LogP contribution is 1.94. The molecular weight excluding hydrogens is 132 g/mol. The largest absolute Gasteiger partial charge is 0.395 e. The van der Waals surface area contributed by atoms with Gasteiger partial charge in [0.25, 0.3) is 0 Å². The first-order valence-corrected chi connectivity index (χ1v) is 3.06. The Hall–Kier alpha value is -1.10. The van der Waals surface area contributed by atoms with E-state index >= 15 is 0 Å². The van der Waals surface area contributed by atoms with Gasteiger partial charge in [0.15, 0.2) is 0 Å². The lowest BCUT2D eigenvalue weighted by atomic mass is 10.7. The van der Waals surface area contributed by atoms with Crippen molar-refractivity contribution in [2.75, 3.05) is 18.5 Å². The van der Waals surface area contributed by atoms with Gasteiger partial charge in [0, 0.05) is 6.54 Å². The number of anilines is 1. The number of hydrogen-bond acceptors (Lipinski definition) is 4. The van der Waals surface area contributed by atoms with Crippen molar-refractivity contribution in [2.24, 2.45) is 0 Å². The van der Waals surface area contributed by atoms with E-state index < -0.39 is 0 Å². The number of nitrogens with one attached hydrogen (secondary N) is 2. The minimum atomic E-state index is 0.0909. The summed E-state index contributed by atoms with van der Waals surface area (Å²) >= 11 is 0. The van der Waals surface area contributed by atoms with Crippen LogP contribution in [0.15, 0.2) is 0 Å². The first-order chi connectivity index (χ1) is 4.83. The molecule has 1 heterocycles. The van der Waals surface area contributed by atoms with Crippen LogP contribution in [0.3, 0.4) is 0 Å². The number of rotatable bonds is 3. The summed E-state index contributed by atoms with van der Waals surface area (Å²) in [4.78, 5) is 3.96. The summed E-state index contributed by atoms with van der Waals surface area (Å²) in [6.45, 7) is 2.39. The molecule has 56 valence electrons. The van der Waals surface area contributed by atoms with Crippen LogP contribution in [0.25, 0.3) is 0 Å². The van der Waals surface area contributed by atoms with Crippen LogP contribution < -0.4 is 5.32 Å². The molecule has 0 unspecified atom stereocenters. The lowest BCUT2D eigenvalue weighted by Gasteiger charge is -1.94. The molecule has 0 aromatic carbocycles. The zero-order chi connectivity index (χ0) is 7.40. The van der Waals surface area contributed by atoms with Gasteiger partial charge in [-0.15, -0.1) is 5.10 Å². The second-order valence-electron chi connectivity index (χ2n) is 1.89. The smallest absolute Gasteiger partial charge is 0.242 e.